The summed E-state index contributed by atoms with van der Waals surface area (Å²) in [5, 5.41) is 22.3. The average Bonchev–Trinajstić information content (AvgIpc) is 2.44. The number of nitro groups is 1. The summed E-state index contributed by atoms with van der Waals surface area (Å²) in [6.45, 7) is -0.313. The van der Waals surface area contributed by atoms with Crippen molar-refractivity contribution in [1.29, 1.82) is 0 Å². The van der Waals surface area contributed by atoms with Gasteiger partial charge in [0.25, 0.3) is 5.69 Å². The van der Waals surface area contributed by atoms with Crippen LogP contribution in [-0.2, 0) is 20.7 Å². The van der Waals surface area contributed by atoms with Gasteiger partial charge in [-0.15, -0.1) is 0 Å². The number of carbonyl (C=O) groups excluding carboxylic acids is 2. The number of rotatable bonds is 6. The van der Waals surface area contributed by atoms with Crippen molar-refractivity contribution in [3.8, 4) is 0 Å². The number of para-hydroxylation sites is 1. The van der Waals surface area contributed by atoms with Crippen molar-refractivity contribution in [1.82, 2.24) is 5.32 Å². The van der Waals surface area contributed by atoms with Gasteiger partial charge >= 0.3 is 5.97 Å². The van der Waals surface area contributed by atoms with E-state index in [1.54, 1.807) is 6.07 Å². The fraction of sp³-hybridized carbons (Fsp3) is 0.333. The Balaban J connectivity index is 2.59. The molecule has 0 aliphatic carbocycles. The zero-order chi connectivity index (χ0) is 15.1. The molecule has 0 bridgehead atoms. The number of methoxy groups -OCH3 is 1. The predicted octanol–water partition coefficient (Wildman–Crippen LogP) is -0.213. The van der Waals surface area contributed by atoms with E-state index in [2.05, 4.69) is 10.1 Å². The summed E-state index contributed by atoms with van der Waals surface area (Å²) in [5.74, 6) is -1.40. The SMILES string of the molecule is COC(=O)C(O)CNC(=O)Cc1ccccc1[N+](=O)[O-]. The number of ether oxygens (including phenoxy) is 1. The second kappa shape index (κ2) is 7.19. The molecule has 0 aromatic heterocycles. The van der Waals surface area contributed by atoms with Gasteiger partial charge in [0.1, 0.15) is 0 Å². The Morgan fingerprint density at radius 3 is 2.70 bits per heavy atom. The first kappa shape index (κ1) is 15.6. The van der Waals surface area contributed by atoms with Gasteiger partial charge in [0, 0.05) is 11.6 Å². The van der Waals surface area contributed by atoms with Crippen molar-refractivity contribution >= 4 is 17.6 Å². The number of hydrogen-bond acceptors (Lipinski definition) is 6. The molecule has 0 radical (unpaired) electrons. The van der Waals surface area contributed by atoms with E-state index < -0.39 is 22.9 Å². The molecule has 0 saturated heterocycles. The lowest BCUT2D eigenvalue weighted by molar-refractivity contribution is -0.385. The molecule has 1 atom stereocenters. The van der Waals surface area contributed by atoms with E-state index in [0.717, 1.165) is 7.11 Å². The number of amides is 1. The molecule has 20 heavy (non-hydrogen) atoms. The minimum atomic E-state index is -1.46. The van der Waals surface area contributed by atoms with Crippen LogP contribution in [0.25, 0.3) is 0 Å². The van der Waals surface area contributed by atoms with Crippen LogP contribution in [0.2, 0.25) is 0 Å². The van der Waals surface area contributed by atoms with E-state index in [1.165, 1.54) is 18.2 Å². The highest BCUT2D eigenvalue weighted by Crippen LogP contribution is 2.17. The summed E-state index contributed by atoms with van der Waals surface area (Å²) in [6.07, 6.45) is -1.68. The first-order valence-electron chi connectivity index (χ1n) is 5.70. The molecule has 1 unspecified atom stereocenters. The van der Waals surface area contributed by atoms with Crippen LogP contribution in [0.4, 0.5) is 5.69 Å². The second-order valence-corrected chi connectivity index (χ2v) is 3.91. The summed E-state index contributed by atoms with van der Waals surface area (Å²) < 4.78 is 4.28. The first-order valence-corrected chi connectivity index (χ1v) is 5.70. The summed E-state index contributed by atoms with van der Waals surface area (Å²) in [7, 11) is 1.11. The van der Waals surface area contributed by atoms with Crippen molar-refractivity contribution in [2.75, 3.05) is 13.7 Å². The van der Waals surface area contributed by atoms with Crippen molar-refractivity contribution in [3.63, 3.8) is 0 Å². The van der Waals surface area contributed by atoms with Gasteiger partial charge in [-0.25, -0.2) is 4.79 Å². The van der Waals surface area contributed by atoms with E-state index >= 15 is 0 Å². The monoisotopic (exact) mass is 282 g/mol. The van der Waals surface area contributed by atoms with Crippen molar-refractivity contribution < 1.29 is 24.4 Å². The molecular weight excluding hydrogens is 268 g/mol. The summed E-state index contributed by atoms with van der Waals surface area (Å²) in [4.78, 5) is 32.7. The molecule has 0 aliphatic rings. The van der Waals surface area contributed by atoms with Crippen molar-refractivity contribution in [2.24, 2.45) is 0 Å². The number of benzene rings is 1. The maximum absolute atomic E-state index is 11.6. The lowest BCUT2D eigenvalue weighted by Gasteiger charge is -2.09. The minimum Gasteiger partial charge on any atom is -0.467 e. The van der Waals surface area contributed by atoms with E-state index in [1.807, 2.05) is 0 Å². The van der Waals surface area contributed by atoms with Gasteiger partial charge in [0.15, 0.2) is 6.10 Å². The van der Waals surface area contributed by atoms with E-state index in [4.69, 9.17) is 0 Å². The molecule has 0 saturated carbocycles. The zero-order valence-electron chi connectivity index (χ0n) is 10.7. The topological polar surface area (TPSA) is 119 Å². The van der Waals surface area contributed by atoms with Crippen LogP contribution in [0.3, 0.4) is 0 Å². The standard InChI is InChI=1S/C12H14N2O6/c1-20-12(17)10(15)7-13-11(16)6-8-4-2-3-5-9(8)14(18)19/h2-5,10,15H,6-7H2,1H3,(H,13,16). The van der Waals surface area contributed by atoms with Crippen LogP contribution < -0.4 is 5.32 Å². The fourth-order valence-electron chi connectivity index (χ4n) is 1.50. The normalized spacial score (nSPS) is 11.5. The maximum Gasteiger partial charge on any atom is 0.336 e. The number of nitrogens with zero attached hydrogens (tertiary/aromatic N) is 1. The summed E-state index contributed by atoms with van der Waals surface area (Å²) in [5.41, 5.74) is 0.0960. The molecule has 1 rings (SSSR count). The van der Waals surface area contributed by atoms with Gasteiger partial charge in [-0.1, -0.05) is 18.2 Å². The number of nitrogens with one attached hydrogen (secondary N) is 1. The third-order valence-corrected chi connectivity index (χ3v) is 2.51. The Kier molecular flexibility index (Phi) is 5.60. The quantitative estimate of drug-likeness (QED) is 0.423. The largest absolute Gasteiger partial charge is 0.467 e. The number of nitro benzene ring substituents is 1. The van der Waals surface area contributed by atoms with Gasteiger partial charge < -0.3 is 15.2 Å². The lowest BCUT2D eigenvalue weighted by Crippen LogP contribution is -2.37. The number of hydrogen-bond donors (Lipinski definition) is 2. The molecule has 8 nitrogen and oxygen atoms in total. The van der Waals surface area contributed by atoms with Gasteiger partial charge in [-0.3, -0.25) is 14.9 Å². The molecule has 0 aliphatic heterocycles. The second-order valence-electron chi connectivity index (χ2n) is 3.91. The maximum atomic E-state index is 11.6. The molecule has 1 aromatic rings. The Labute approximate surface area is 114 Å². The predicted molar refractivity (Wildman–Crippen MR) is 67.8 cm³/mol. The minimum absolute atomic E-state index is 0.156. The average molecular weight is 282 g/mol. The Morgan fingerprint density at radius 1 is 1.45 bits per heavy atom. The fourth-order valence-corrected chi connectivity index (χ4v) is 1.50. The van der Waals surface area contributed by atoms with Gasteiger partial charge in [-0.2, -0.15) is 0 Å². The zero-order valence-corrected chi connectivity index (χ0v) is 10.7. The van der Waals surface area contributed by atoms with Crippen LogP contribution in [-0.4, -0.2) is 41.7 Å². The molecule has 108 valence electrons. The third kappa shape index (κ3) is 4.32. The number of aliphatic hydroxyl groups excluding tert-OH is 1. The van der Waals surface area contributed by atoms with Gasteiger partial charge in [0.05, 0.1) is 25.0 Å². The van der Waals surface area contributed by atoms with Crippen molar-refractivity contribution in [2.45, 2.75) is 12.5 Å². The van der Waals surface area contributed by atoms with Crippen LogP contribution in [0.5, 0.6) is 0 Å². The van der Waals surface area contributed by atoms with E-state index in [-0.39, 0.29) is 24.2 Å². The number of esters is 1. The first-order chi connectivity index (χ1) is 9.45. The highest BCUT2D eigenvalue weighted by Gasteiger charge is 2.18. The van der Waals surface area contributed by atoms with Gasteiger partial charge in [-0.05, 0) is 0 Å². The highest BCUT2D eigenvalue weighted by molar-refractivity contribution is 5.81. The summed E-state index contributed by atoms with van der Waals surface area (Å²) >= 11 is 0. The number of aliphatic hydroxyl groups is 1. The van der Waals surface area contributed by atoms with E-state index in [9.17, 15) is 24.8 Å². The lowest BCUT2D eigenvalue weighted by atomic mass is 10.1. The Morgan fingerprint density at radius 2 is 2.10 bits per heavy atom. The van der Waals surface area contributed by atoms with Crippen LogP contribution in [0.1, 0.15) is 5.56 Å². The molecule has 1 aromatic carbocycles. The third-order valence-electron chi connectivity index (χ3n) is 2.51. The molecular formula is C12H14N2O6. The highest BCUT2D eigenvalue weighted by atomic mass is 16.6. The Hall–Kier alpha value is -2.48. The molecule has 1 amide bonds. The van der Waals surface area contributed by atoms with Crippen molar-refractivity contribution in [3.05, 3.63) is 39.9 Å². The number of carbonyl (C=O) groups is 2. The molecule has 0 fully saturated rings. The Bertz CT molecular complexity index is 516. The smallest absolute Gasteiger partial charge is 0.336 e. The van der Waals surface area contributed by atoms with Crippen LogP contribution in [0, 0.1) is 10.1 Å². The van der Waals surface area contributed by atoms with E-state index in [0.29, 0.717) is 0 Å². The van der Waals surface area contributed by atoms with Crippen LogP contribution in [0.15, 0.2) is 24.3 Å². The van der Waals surface area contributed by atoms with Crippen LogP contribution >= 0.6 is 0 Å². The van der Waals surface area contributed by atoms with Gasteiger partial charge in [0.2, 0.25) is 5.91 Å². The molecule has 0 spiro atoms. The molecule has 8 heteroatoms. The summed E-state index contributed by atoms with van der Waals surface area (Å²) in [6, 6.07) is 5.85. The molecule has 2 N–H and O–H groups in total. The molecule has 0 heterocycles.